The summed E-state index contributed by atoms with van der Waals surface area (Å²) in [5.41, 5.74) is 8.52. The minimum absolute atomic E-state index is 0.479. The van der Waals surface area contributed by atoms with E-state index in [0.29, 0.717) is 4.90 Å². The number of fused-ring (bicyclic) bond motifs is 3. The van der Waals surface area contributed by atoms with E-state index in [1.54, 1.807) is 6.07 Å². The van der Waals surface area contributed by atoms with Crippen LogP contribution in [0.5, 0.6) is 0 Å². The molecule has 7 heteroatoms. The van der Waals surface area contributed by atoms with Crippen LogP contribution in [0.4, 0.5) is 10.5 Å². The molecular weight excluding hydrogens is 396 g/mol. The van der Waals surface area contributed by atoms with Crippen molar-refractivity contribution in [2.45, 2.75) is 56.4 Å². The van der Waals surface area contributed by atoms with Crippen molar-refractivity contribution in [3.05, 3.63) is 57.6 Å². The summed E-state index contributed by atoms with van der Waals surface area (Å²) < 4.78 is 15.8. The summed E-state index contributed by atoms with van der Waals surface area (Å²) >= 11 is 0. The van der Waals surface area contributed by atoms with Crippen LogP contribution in [0.2, 0.25) is 0 Å². The minimum Gasteiger partial charge on any atom is -0.307 e. The Balaban J connectivity index is 1.37. The fourth-order valence-electron chi connectivity index (χ4n) is 5.21. The number of nitrogens with one attached hydrogen (secondary N) is 2. The van der Waals surface area contributed by atoms with E-state index in [1.165, 1.54) is 27.8 Å². The lowest BCUT2D eigenvalue weighted by atomic mass is 9.99. The number of anilines is 1. The summed E-state index contributed by atoms with van der Waals surface area (Å²) in [6, 6.07) is 7.52. The maximum absolute atomic E-state index is 13.2. The number of carbonyl (C=O) groups excluding carboxylic acids is 1. The van der Waals surface area contributed by atoms with Crippen LogP contribution < -0.4 is 15.2 Å². The van der Waals surface area contributed by atoms with Gasteiger partial charge in [-0.05, 0) is 97.5 Å². The normalized spacial score (nSPS) is 18.5. The smallest absolute Gasteiger partial charge is 0.307 e. The lowest BCUT2D eigenvalue weighted by Gasteiger charge is -2.27. The highest BCUT2D eigenvalue weighted by Gasteiger charge is 2.26. The SMILES string of the molecule is CN1CCc2cc([SH](N)(=O)NC(=O)Nc3c4c(cc5c3CCC5)CCC4)ccc2C1. The first-order chi connectivity index (χ1) is 14.4. The Hall–Kier alpha value is -2.22. The van der Waals surface area contributed by atoms with Crippen LogP contribution in [0.3, 0.4) is 0 Å². The molecule has 2 amide bonds. The molecule has 160 valence electrons. The number of likely N-dealkylation sites (N-methyl/N-ethyl adjacent to an activating group) is 1. The molecule has 6 nitrogen and oxygen atoms in total. The maximum Gasteiger partial charge on any atom is 0.330 e. The number of nitrogens with zero attached hydrogens (tertiary/aromatic N) is 1. The number of nitrogens with two attached hydrogens (primary N) is 1. The lowest BCUT2D eigenvalue weighted by Crippen LogP contribution is -2.45. The zero-order valence-electron chi connectivity index (χ0n) is 17.5. The molecular formula is C23H30N4O2S. The monoisotopic (exact) mass is 426 g/mol. The van der Waals surface area contributed by atoms with Gasteiger partial charge >= 0.3 is 6.03 Å². The highest BCUT2D eigenvalue weighted by molar-refractivity contribution is 7.99. The summed E-state index contributed by atoms with van der Waals surface area (Å²) in [5, 5.41) is 9.18. The Morgan fingerprint density at radius 1 is 0.967 bits per heavy atom. The number of benzene rings is 2. The molecule has 4 N–H and O–H groups in total. The van der Waals surface area contributed by atoms with Gasteiger partial charge in [-0.2, -0.15) is 0 Å². The molecule has 2 aromatic rings. The number of hydrogen-bond donors (Lipinski definition) is 4. The highest BCUT2D eigenvalue weighted by atomic mass is 32.3. The molecule has 2 aliphatic carbocycles. The van der Waals surface area contributed by atoms with Gasteiger partial charge in [0.15, 0.2) is 0 Å². The minimum atomic E-state index is -3.51. The second-order valence-electron chi connectivity index (χ2n) is 8.90. The second kappa shape index (κ2) is 7.48. The van der Waals surface area contributed by atoms with Gasteiger partial charge in [0, 0.05) is 34.0 Å². The van der Waals surface area contributed by atoms with E-state index < -0.39 is 16.3 Å². The predicted molar refractivity (Wildman–Crippen MR) is 121 cm³/mol. The second-order valence-corrected chi connectivity index (χ2v) is 11.0. The first kappa shape index (κ1) is 19.7. The standard InChI is InChI=1S/C23H30N4O2S/c1-27-11-10-15-13-19(9-8-18(15)14-27)30(24,29)26-23(28)25-22-20-6-2-4-16(20)12-17-5-3-7-21(17)22/h8-9,12-13,30H,2-7,10-11,14H2,1H3,(H4,24,25,26,28,29). The predicted octanol–water partition coefficient (Wildman–Crippen LogP) is 2.64. The van der Waals surface area contributed by atoms with Crippen molar-refractivity contribution >= 4 is 22.0 Å². The number of rotatable bonds is 3. The van der Waals surface area contributed by atoms with Crippen molar-refractivity contribution in [2.75, 3.05) is 18.9 Å². The number of hydrogen-bond acceptors (Lipinski definition) is 3. The fraction of sp³-hybridized carbons (Fsp3) is 0.435. The molecule has 1 heterocycles. The van der Waals surface area contributed by atoms with Gasteiger partial charge in [0.1, 0.15) is 0 Å². The molecule has 3 aliphatic rings. The molecule has 30 heavy (non-hydrogen) atoms. The van der Waals surface area contributed by atoms with E-state index in [-0.39, 0.29) is 0 Å². The molecule has 0 saturated heterocycles. The lowest BCUT2D eigenvalue weighted by molar-refractivity contribution is 0.256. The van der Waals surface area contributed by atoms with Gasteiger partial charge in [0.05, 0.1) is 0 Å². The van der Waals surface area contributed by atoms with Crippen LogP contribution >= 0.6 is 0 Å². The molecule has 0 spiro atoms. The van der Waals surface area contributed by atoms with Crippen LogP contribution in [-0.2, 0) is 49.0 Å². The first-order valence-corrected chi connectivity index (χ1v) is 12.6. The molecule has 2 aromatic carbocycles. The molecule has 0 aromatic heterocycles. The Bertz CT molecular complexity index is 1050. The summed E-state index contributed by atoms with van der Waals surface area (Å²) in [6.07, 6.45) is 7.24. The summed E-state index contributed by atoms with van der Waals surface area (Å²) in [4.78, 5) is 15.6. The first-order valence-electron chi connectivity index (χ1n) is 10.9. The molecule has 1 aliphatic heterocycles. The number of thiol groups is 1. The number of carbonyl (C=O) groups is 1. The van der Waals surface area contributed by atoms with E-state index in [2.05, 4.69) is 28.1 Å². The van der Waals surface area contributed by atoms with Crippen LogP contribution in [0.25, 0.3) is 0 Å². The third-order valence-corrected chi connectivity index (χ3v) is 8.34. The van der Waals surface area contributed by atoms with Gasteiger partial charge in [-0.3, -0.25) is 9.86 Å². The summed E-state index contributed by atoms with van der Waals surface area (Å²) in [6.45, 7) is 1.84. The highest BCUT2D eigenvalue weighted by Crippen LogP contribution is 2.38. The third-order valence-electron chi connectivity index (χ3n) is 6.76. The van der Waals surface area contributed by atoms with Gasteiger partial charge in [-0.1, -0.05) is 12.1 Å². The molecule has 0 atom stereocenters. The average Bonchev–Trinajstić information content (AvgIpc) is 3.36. The molecule has 0 bridgehead atoms. The molecule has 5 rings (SSSR count). The molecule has 0 saturated carbocycles. The molecule has 0 radical (unpaired) electrons. The van der Waals surface area contributed by atoms with Crippen LogP contribution in [0, 0.1) is 0 Å². The average molecular weight is 427 g/mol. The van der Waals surface area contributed by atoms with Gasteiger partial charge in [-0.25, -0.2) is 9.00 Å². The van der Waals surface area contributed by atoms with E-state index in [4.69, 9.17) is 5.14 Å². The van der Waals surface area contributed by atoms with Crippen LogP contribution in [0.1, 0.15) is 46.2 Å². The number of amides is 2. The zero-order chi connectivity index (χ0) is 20.9. The van der Waals surface area contributed by atoms with Gasteiger partial charge in [0.2, 0.25) is 0 Å². The quantitative estimate of drug-likeness (QED) is 0.569. The summed E-state index contributed by atoms with van der Waals surface area (Å²) in [5.74, 6) is 0. The van der Waals surface area contributed by atoms with Crippen LogP contribution in [-0.4, -0.2) is 28.7 Å². The Morgan fingerprint density at radius 3 is 2.37 bits per heavy atom. The van der Waals surface area contributed by atoms with Crippen LogP contribution in [0.15, 0.2) is 29.2 Å². The van der Waals surface area contributed by atoms with Gasteiger partial charge < -0.3 is 10.2 Å². The topological polar surface area (TPSA) is 87.5 Å². The fourth-order valence-corrected chi connectivity index (χ4v) is 6.34. The maximum atomic E-state index is 13.2. The molecule has 0 unspecified atom stereocenters. The Kier molecular flexibility index (Phi) is 4.92. The van der Waals surface area contributed by atoms with Crippen molar-refractivity contribution in [3.8, 4) is 0 Å². The van der Waals surface area contributed by atoms with Crippen molar-refractivity contribution in [1.29, 1.82) is 0 Å². The largest absolute Gasteiger partial charge is 0.330 e. The number of urea groups is 1. The van der Waals surface area contributed by atoms with E-state index >= 15 is 0 Å². The van der Waals surface area contributed by atoms with Crippen molar-refractivity contribution in [2.24, 2.45) is 5.14 Å². The van der Waals surface area contributed by atoms with Gasteiger partial charge in [0.25, 0.3) is 0 Å². The zero-order valence-corrected chi connectivity index (χ0v) is 18.4. The third kappa shape index (κ3) is 3.55. The Labute approximate surface area is 178 Å². The van der Waals surface area contributed by atoms with Crippen molar-refractivity contribution < 1.29 is 9.00 Å². The van der Waals surface area contributed by atoms with E-state index in [1.807, 2.05) is 12.1 Å². The molecule has 0 fully saturated rings. The van der Waals surface area contributed by atoms with Crippen molar-refractivity contribution in [1.82, 2.24) is 9.62 Å². The van der Waals surface area contributed by atoms with E-state index in [0.717, 1.165) is 69.3 Å². The van der Waals surface area contributed by atoms with Gasteiger partial charge in [-0.15, -0.1) is 0 Å². The van der Waals surface area contributed by atoms with E-state index in [9.17, 15) is 9.00 Å². The Morgan fingerprint density at radius 2 is 1.67 bits per heavy atom. The number of aryl methyl sites for hydroxylation is 2. The van der Waals surface area contributed by atoms with Crippen molar-refractivity contribution in [3.63, 3.8) is 0 Å². The summed E-state index contributed by atoms with van der Waals surface area (Å²) in [7, 11) is -1.42.